The van der Waals surface area contributed by atoms with Gasteiger partial charge in [-0.15, -0.1) is 11.8 Å². The molecule has 3 nitrogen and oxygen atoms in total. The molecular weight excluding hydrogens is 400 g/mol. The van der Waals surface area contributed by atoms with Crippen LogP contribution in [0.4, 0.5) is 5.69 Å². The van der Waals surface area contributed by atoms with Crippen LogP contribution in [0.2, 0.25) is 5.02 Å². The van der Waals surface area contributed by atoms with Crippen LogP contribution < -0.4 is 4.90 Å². The predicted molar refractivity (Wildman–Crippen MR) is 122 cm³/mol. The Balaban J connectivity index is 1.48. The molecule has 1 aliphatic heterocycles. The Morgan fingerprint density at radius 1 is 0.828 bits per heavy atom. The summed E-state index contributed by atoms with van der Waals surface area (Å²) in [6, 6.07) is 28.1. The molecule has 0 N–H and O–H groups in total. The van der Waals surface area contributed by atoms with Crippen molar-refractivity contribution in [3.63, 3.8) is 0 Å². The van der Waals surface area contributed by atoms with Gasteiger partial charge in [0, 0.05) is 41.8 Å². The number of thioether (sulfide) groups is 1. The van der Waals surface area contributed by atoms with Crippen molar-refractivity contribution in [1.82, 2.24) is 4.90 Å². The predicted octanol–water partition coefficient (Wildman–Crippen LogP) is 5.52. The van der Waals surface area contributed by atoms with Crippen LogP contribution >= 0.6 is 23.4 Å². The summed E-state index contributed by atoms with van der Waals surface area (Å²) in [5, 5.41) is 0.501. The van der Waals surface area contributed by atoms with Crippen LogP contribution in [0.5, 0.6) is 0 Å². The molecule has 0 saturated carbocycles. The summed E-state index contributed by atoms with van der Waals surface area (Å²) in [5.74, 6) is 0.177. The van der Waals surface area contributed by atoms with Crippen molar-refractivity contribution >= 4 is 35.0 Å². The molecule has 0 bridgehead atoms. The standard InChI is InChI=1S/C24H23ClN2OS/c25-20-10-7-11-21(18-20)26-14-16-27(17-15-26)24(28)23(19-8-3-1-4-9-19)29-22-12-5-2-6-13-22/h1-13,18,23H,14-17H2/t23-/m0/s1. The number of hydrogen-bond acceptors (Lipinski definition) is 3. The quantitative estimate of drug-likeness (QED) is 0.505. The largest absolute Gasteiger partial charge is 0.368 e. The van der Waals surface area contributed by atoms with E-state index in [2.05, 4.69) is 23.1 Å². The SMILES string of the molecule is O=C([C@@H](Sc1ccccc1)c1ccccc1)N1CCN(c2cccc(Cl)c2)CC1. The molecule has 29 heavy (non-hydrogen) atoms. The summed E-state index contributed by atoms with van der Waals surface area (Å²) in [6.45, 7) is 3.04. The molecule has 1 fully saturated rings. The van der Waals surface area contributed by atoms with E-state index in [4.69, 9.17) is 11.6 Å². The van der Waals surface area contributed by atoms with Crippen LogP contribution in [0.25, 0.3) is 0 Å². The van der Waals surface area contributed by atoms with Gasteiger partial charge in [-0.05, 0) is 35.9 Å². The minimum absolute atomic E-state index is 0.177. The van der Waals surface area contributed by atoms with E-state index in [1.165, 1.54) is 0 Å². The molecule has 0 aromatic heterocycles. The Morgan fingerprint density at radius 2 is 1.48 bits per heavy atom. The lowest BCUT2D eigenvalue weighted by molar-refractivity contribution is -0.131. The van der Waals surface area contributed by atoms with E-state index < -0.39 is 0 Å². The van der Waals surface area contributed by atoms with Crippen LogP contribution in [-0.2, 0) is 4.79 Å². The number of hydrogen-bond donors (Lipinski definition) is 0. The van der Waals surface area contributed by atoms with Crippen molar-refractivity contribution in [3.8, 4) is 0 Å². The summed E-state index contributed by atoms with van der Waals surface area (Å²) in [6.07, 6.45) is 0. The minimum atomic E-state index is -0.240. The molecule has 1 aliphatic rings. The van der Waals surface area contributed by atoms with Crippen LogP contribution in [0.15, 0.2) is 89.8 Å². The first kappa shape index (κ1) is 19.9. The summed E-state index contributed by atoms with van der Waals surface area (Å²) in [5.41, 5.74) is 2.16. The van der Waals surface area contributed by atoms with Crippen molar-refractivity contribution in [2.45, 2.75) is 10.1 Å². The molecule has 5 heteroatoms. The van der Waals surface area contributed by atoms with E-state index in [1.807, 2.05) is 71.6 Å². The minimum Gasteiger partial charge on any atom is -0.368 e. The second kappa shape index (κ2) is 9.38. The summed E-state index contributed by atoms with van der Waals surface area (Å²) in [4.78, 5) is 18.9. The maximum atomic E-state index is 13.5. The molecule has 1 heterocycles. The highest BCUT2D eigenvalue weighted by Crippen LogP contribution is 2.37. The highest BCUT2D eigenvalue weighted by molar-refractivity contribution is 8.00. The van der Waals surface area contributed by atoms with Crippen molar-refractivity contribution in [1.29, 1.82) is 0 Å². The third-order valence-corrected chi connectivity index (χ3v) is 6.58. The first-order valence-corrected chi connectivity index (χ1v) is 11.0. The van der Waals surface area contributed by atoms with Crippen molar-refractivity contribution in [2.75, 3.05) is 31.1 Å². The monoisotopic (exact) mass is 422 g/mol. The molecule has 0 spiro atoms. The van der Waals surface area contributed by atoms with Gasteiger partial charge in [-0.1, -0.05) is 66.2 Å². The Morgan fingerprint density at radius 3 is 2.14 bits per heavy atom. The Kier molecular flexibility index (Phi) is 6.43. The molecule has 4 rings (SSSR count). The zero-order valence-corrected chi connectivity index (χ0v) is 17.6. The zero-order valence-electron chi connectivity index (χ0n) is 16.1. The molecule has 3 aromatic carbocycles. The topological polar surface area (TPSA) is 23.6 Å². The highest BCUT2D eigenvalue weighted by atomic mass is 35.5. The van der Waals surface area contributed by atoms with Gasteiger partial charge in [-0.25, -0.2) is 0 Å². The number of rotatable bonds is 5. The number of carbonyl (C=O) groups is 1. The first-order chi connectivity index (χ1) is 14.2. The molecule has 3 aromatic rings. The maximum absolute atomic E-state index is 13.5. The van der Waals surface area contributed by atoms with Gasteiger partial charge < -0.3 is 9.80 Å². The fourth-order valence-corrected chi connectivity index (χ4v) is 4.86. The number of anilines is 1. The fraction of sp³-hybridized carbons (Fsp3) is 0.208. The van der Waals surface area contributed by atoms with Gasteiger partial charge in [-0.3, -0.25) is 4.79 Å². The molecule has 0 radical (unpaired) electrons. The van der Waals surface area contributed by atoms with Crippen LogP contribution in [0, 0.1) is 0 Å². The van der Waals surface area contributed by atoms with Crippen molar-refractivity contribution < 1.29 is 4.79 Å². The van der Waals surface area contributed by atoms with Gasteiger partial charge in [-0.2, -0.15) is 0 Å². The molecule has 148 valence electrons. The Hall–Kier alpha value is -2.43. The number of nitrogens with zero attached hydrogens (tertiary/aromatic N) is 2. The first-order valence-electron chi connectivity index (χ1n) is 9.77. The lowest BCUT2D eigenvalue weighted by Crippen LogP contribution is -2.49. The van der Waals surface area contributed by atoms with E-state index in [-0.39, 0.29) is 11.2 Å². The maximum Gasteiger partial charge on any atom is 0.240 e. The van der Waals surface area contributed by atoms with Crippen LogP contribution in [0.1, 0.15) is 10.8 Å². The number of halogens is 1. The van der Waals surface area contributed by atoms with Crippen molar-refractivity contribution in [3.05, 3.63) is 95.5 Å². The lowest BCUT2D eigenvalue weighted by atomic mass is 10.1. The van der Waals surface area contributed by atoms with Gasteiger partial charge in [0.15, 0.2) is 0 Å². The zero-order chi connectivity index (χ0) is 20.1. The fourth-order valence-electron chi connectivity index (χ4n) is 3.55. The number of amides is 1. The molecule has 1 saturated heterocycles. The average Bonchev–Trinajstić information content (AvgIpc) is 2.78. The van der Waals surface area contributed by atoms with E-state index in [9.17, 15) is 4.79 Å². The van der Waals surface area contributed by atoms with E-state index in [1.54, 1.807) is 11.8 Å². The van der Waals surface area contributed by atoms with E-state index in [0.29, 0.717) is 13.1 Å². The molecule has 0 unspecified atom stereocenters. The van der Waals surface area contributed by atoms with Gasteiger partial charge >= 0.3 is 0 Å². The van der Waals surface area contributed by atoms with E-state index >= 15 is 0 Å². The average molecular weight is 423 g/mol. The lowest BCUT2D eigenvalue weighted by Gasteiger charge is -2.37. The smallest absolute Gasteiger partial charge is 0.240 e. The molecule has 0 aliphatic carbocycles. The van der Waals surface area contributed by atoms with Crippen LogP contribution in [-0.4, -0.2) is 37.0 Å². The van der Waals surface area contributed by atoms with Gasteiger partial charge in [0.2, 0.25) is 5.91 Å². The Labute approximate surface area is 181 Å². The number of benzene rings is 3. The van der Waals surface area contributed by atoms with Crippen LogP contribution in [0.3, 0.4) is 0 Å². The molecular formula is C24H23ClN2OS. The summed E-state index contributed by atoms with van der Waals surface area (Å²) in [7, 11) is 0. The van der Waals surface area contributed by atoms with Gasteiger partial charge in [0.25, 0.3) is 0 Å². The third kappa shape index (κ3) is 4.95. The molecule has 1 atom stereocenters. The Bertz CT molecular complexity index is 943. The highest BCUT2D eigenvalue weighted by Gasteiger charge is 2.29. The normalized spacial score (nSPS) is 15.2. The molecule has 1 amide bonds. The summed E-state index contributed by atoms with van der Waals surface area (Å²) >= 11 is 7.76. The second-order valence-corrected chi connectivity index (χ2v) is 8.63. The number of carbonyl (C=O) groups excluding carboxylic acids is 1. The van der Waals surface area contributed by atoms with Gasteiger partial charge in [0.05, 0.1) is 0 Å². The van der Waals surface area contributed by atoms with Gasteiger partial charge in [0.1, 0.15) is 5.25 Å². The van der Waals surface area contributed by atoms with E-state index in [0.717, 1.165) is 34.3 Å². The number of piperazine rings is 1. The third-order valence-electron chi connectivity index (χ3n) is 5.09. The summed E-state index contributed by atoms with van der Waals surface area (Å²) < 4.78 is 0. The van der Waals surface area contributed by atoms with Crippen molar-refractivity contribution in [2.24, 2.45) is 0 Å². The second-order valence-electron chi connectivity index (χ2n) is 7.01.